The lowest BCUT2D eigenvalue weighted by Gasteiger charge is -2.30. The Balaban J connectivity index is 0.850. The van der Waals surface area contributed by atoms with Gasteiger partial charge in [-0.15, -0.1) is 0 Å². The number of fused-ring (bicyclic) bond motifs is 16. The molecule has 2 aliphatic rings. The third-order valence-electron chi connectivity index (χ3n) is 16.4. The van der Waals surface area contributed by atoms with Gasteiger partial charge in [-0.1, -0.05) is 200 Å². The van der Waals surface area contributed by atoms with Crippen LogP contribution in [0.1, 0.15) is 22.3 Å². The highest BCUT2D eigenvalue weighted by atomic mass is 16.3. The van der Waals surface area contributed by atoms with Gasteiger partial charge in [0.15, 0.2) is 0 Å². The van der Waals surface area contributed by atoms with Gasteiger partial charge < -0.3 is 13.9 Å². The first-order valence-electron chi connectivity index (χ1n) is 26.2. The Kier molecular flexibility index (Phi) is 9.25. The van der Waals surface area contributed by atoms with E-state index in [-0.39, 0.29) is 0 Å². The van der Waals surface area contributed by atoms with E-state index in [1.54, 1.807) is 0 Å². The summed E-state index contributed by atoms with van der Waals surface area (Å²) in [5.74, 6) is 0. The summed E-state index contributed by atoms with van der Waals surface area (Å²) in [5.41, 5.74) is 25.6. The Morgan fingerprint density at radius 2 is 0.829 bits per heavy atom. The van der Waals surface area contributed by atoms with Crippen LogP contribution in [0, 0.1) is 0 Å². The molecular formula is C73H46N2O. The summed E-state index contributed by atoms with van der Waals surface area (Å²) < 4.78 is 9.14. The van der Waals surface area contributed by atoms with E-state index in [0.717, 1.165) is 55.8 Å². The topological polar surface area (TPSA) is 21.3 Å². The molecule has 0 bridgehead atoms. The van der Waals surface area contributed by atoms with Gasteiger partial charge >= 0.3 is 0 Å². The zero-order valence-electron chi connectivity index (χ0n) is 41.4. The molecule has 0 N–H and O–H groups in total. The monoisotopic (exact) mass is 966 g/mol. The van der Waals surface area contributed by atoms with Crippen LogP contribution in [-0.4, -0.2) is 4.57 Å². The minimum absolute atomic E-state index is 0.404. The quantitative estimate of drug-likeness (QED) is 0.159. The molecule has 12 aromatic carbocycles. The minimum Gasteiger partial charge on any atom is -0.456 e. The molecule has 0 atom stereocenters. The molecule has 0 saturated heterocycles. The summed E-state index contributed by atoms with van der Waals surface area (Å²) in [6.07, 6.45) is 0. The fourth-order valence-electron chi connectivity index (χ4n) is 13.2. The van der Waals surface area contributed by atoms with E-state index in [1.807, 2.05) is 0 Å². The summed E-state index contributed by atoms with van der Waals surface area (Å²) in [7, 11) is 0. The van der Waals surface area contributed by atoms with Crippen LogP contribution in [0.3, 0.4) is 0 Å². The number of hydrogen-bond donors (Lipinski definition) is 0. The maximum Gasteiger partial charge on any atom is 0.137 e. The van der Waals surface area contributed by atoms with Crippen LogP contribution in [0.15, 0.2) is 283 Å². The Bertz CT molecular complexity index is 4580. The molecule has 3 heteroatoms. The number of para-hydroxylation sites is 2. The third kappa shape index (κ3) is 6.11. The van der Waals surface area contributed by atoms with Crippen LogP contribution >= 0.6 is 0 Å². The van der Waals surface area contributed by atoms with Gasteiger partial charge in [0.25, 0.3) is 0 Å². The number of nitrogens with zero attached hydrogens (tertiary/aromatic N) is 2. The SMILES string of the molecule is c1ccc(-c2ccc(N(c3ccc(-c4cccc5c4-c4ccccc4C54c5ccccc5-c5ccccc54)cc3)c3cccc4oc5ccc(-c6ccc7c(c6)c6ccccc6n7-c6ccccc6)cc5c34)cc2)cc1. The van der Waals surface area contributed by atoms with Crippen LogP contribution in [0.5, 0.6) is 0 Å². The molecule has 1 spiro atoms. The lowest BCUT2D eigenvalue weighted by atomic mass is 9.70. The highest BCUT2D eigenvalue weighted by Gasteiger charge is 2.52. The molecule has 0 amide bonds. The second kappa shape index (κ2) is 16.5. The minimum atomic E-state index is -0.404. The van der Waals surface area contributed by atoms with E-state index in [0.29, 0.717) is 0 Å². The van der Waals surface area contributed by atoms with Crippen molar-refractivity contribution in [3.8, 4) is 61.3 Å². The second-order valence-corrected chi connectivity index (χ2v) is 20.3. The first-order chi connectivity index (χ1) is 37.7. The van der Waals surface area contributed by atoms with E-state index < -0.39 is 5.41 Å². The van der Waals surface area contributed by atoms with Gasteiger partial charge in [0.2, 0.25) is 0 Å². The Labute approximate surface area is 440 Å². The summed E-state index contributed by atoms with van der Waals surface area (Å²) >= 11 is 0. The Hall–Kier alpha value is -9.96. The van der Waals surface area contributed by atoms with E-state index >= 15 is 0 Å². The molecule has 2 heterocycles. The lowest BCUT2D eigenvalue weighted by Crippen LogP contribution is -2.25. The number of rotatable bonds is 7. The first-order valence-corrected chi connectivity index (χ1v) is 26.2. The van der Waals surface area contributed by atoms with Crippen molar-refractivity contribution < 1.29 is 4.42 Å². The molecule has 0 saturated carbocycles. The maximum atomic E-state index is 6.76. The summed E-state index contributed by atoms with van der Waals surface area (Å²) in [6, 6.07) is 102. The zero-order valence-corrected chi connectivity index (χ0v) is 41.4. The smallest absolute Gasteiger partial charge is 0.137 e. The molecule has 16 rings (SSSR count). The van der Waals surface area contributed by atoms with Crippen molar-refractivity contribution in [3.63, 3.8) is 0 Å². The van der Waals surface area contributed by atoms with Crippen LogP contribution in [0.2, 0.25) is 0 Å². The predicted molar refractivity (Wildman–Crippen MR) is 315 cm³/mol. The largest absolute Gasteiger partial charge is 0.456 e. The van der Waals surface area contributed by atoms with Crippen LogP contribution < -0.4 is 4.90 Å². The van der Waals surface area contributed by atoms with E-state index in [1.165, 1.54) is 88.6 Å². The highest BCUT2D eigenvalue weighted by molar-refractivity contribution is 6.15. The van der Waals surface area contributed by atoms with Crippen LogP contribution in [-0.2, 0) is 5.41 Å². The van der Waals surface area contributed by atoms with Crippen LogP contribution in [0.4, 0.5) is 17.1 Å². The molecule has 2 aliphatic carbocycles. The van der Waals surface area contributed by atoms with Gasteiger partial charge in [-0.3, -0.25) is 0 Å². The lowest BCUT2D eigenvalue weighted by molar-refractivity contribution is 0.669. The summed E-state index contributed by atoms with van der Waals surface area (Å²) in [5, 5.41) is 4.59. The fourth-order valence-corrected chi connectivity index (χ4v) is 13.2. The van der Waals surface area contributed by atoms with Crippen molar-refractivity contribution in [1.29, 1.82) is 0 Å². The summed E-state index contributed by atoms with van der Waals surface area (Å²) in [4.78, 5) is 2.40. The van der Waals surface area contributed by atoms with Crippen LogP contribution in [0.25, 0.3) is 105 Å². The maximum absolute atomic E-state index is 6.76. The molecule has 76 heavy (non-hydrogen) atoms. The zero-order chi connectivity index (χ0) is 49.9. The molecule has 14 aromatic rings. The Morgan fingerprint density at radius 1 is 0.316 bits per heavy atom. The molecule has 0 aliphatic heterocycles. The standard InChI is InChI=1S/C73H46N2O/c1-3-17-47(18-4-1)48-33-39-53(40-34-48)74(54-41-35-49(36-42-54)55-25-15-29-65-71(55)59-24-9-13-28-64(59)73(65)62-26-11-7-21-56(62)57-22-8-12-27-63(57)73)68-31-16-32-70-72(68)61-46-51(38-44-69(61)76-70)50-37-43-67-60(45-50)58-23-10-14-30-66(58)75(67)52-19-5-2-6-20-52/h1-46H. The molecule has 0 radical (unpaired) electrons. The van der Waals surface area contributed by atoms with Gasteiger partial charge in [0.05, 0.1) is 27.5 Å². The van der Waals surface area contributed by atoms with Gasteiger partial charge in [0.1, 0.15) is 11.2 Å². The van der Waals surface area contributed by atoms with Gasteiger partial charge in [-0.25, -0.2) is 0 Å². The second-order valence-electron chi connectivity index (χ2n) is 20.3. The predicted octanol–water partition coefficient (Wildman–Crippen LogP) is 19.5. The van der Waals surface area contributed by atoms with Crippen molar-refractivity contribution in [2.24, 2.45) is 0 Å². The number of hydrogen-bond acceptors (Lipinski definition) is 2. The van der Waals surface area contributed by atoms with Gasteiger partial charge in [-0.2, -0.15) is 0 Å². The van der Waals surface area contributed by atoms with Crippen molar-refractivity contribution in [2.45, 2.75) is 5.41 Å². The average Bonchev–Trinajstić information content (AvgIpc) is 4.36. The first kappa shape index (κ1) is 42.5. The van der Waals surface area contributed by atoms with Crippen molar-refractivity contribution in [1.82, 2.24) is 4.57 Å². The van der Waals surface area contributed by atoms with E-state index in [4.69, 9.17) is 4.42 Å². The highest BCUT2D eigenvalue weighted by Crippen LogP contribution is 2.64. The molecule has 0 fully saturated rings. The third-order valence-corrected chi connectivity index (χ3v) is 16.4. The van der Waals surface area contributed by atoms with Crippen molar-refractivity contribution in [3.05, 3.63) is 301 Å². The number of furan rings is 1. The number of aromatic nitrogens is 1. The Morgan fingerprint density at radius 3 is 1.55 bits per heavy atom. The normalized spacial score (nSPS) is 12.8. The molecule has 0 unspecified atom stereocenters. The molecule has 354 valence electrons. The van der Waals surface area contributed by atoms with E-state index in [9.17, 15) is 0 Å². The number of benzene rings is 12. The van der Waals surface area contributed by atoms with Gasteiger partial charge in [-0.05, 0) is 157 Å². The number of anilines is 3. The average molecular weight is 967 g/mol. The fraction of sp³-hybridized carbons (Fsp3) is 0.0137. The van der Waals surface area contributed by atoms with Gasteiger partial charge in [0, 0.05) is 33.2 Å². The molecular weight excluding hydrogens is 921 g/mol. The molecule has 3 nitrogen and oxygen atoms in total. The molecule has 2 aromatic heterocycles. The summed E-state index contributed by atoms with van der Waals surface area (Å²) in [6.45, 7) is 0. The van der Waals surface area contributed by atoms with E-state index in [2.05, 4.69) is 289 Å². The van der Waals surface area contributed by atoms with Crippen molar-refractivity contribution >= 4 is 60.8 Å². The van der Waals surface area contributed by atoms with Crippen molar-refractivity contribution in [2.75, 3.05) is 4.90 Å².